The third-order valence-electron chi connectivity index (χ3n) is 1.71. The third-order valence-corrected chi connectivity index (χ3v) is 1.71. The van der Waals surface area contributed by atoms with E-state index in [4.69, 9.17) is 0 Å². The number of aromatic nitrogens is 2. The maximum atomic E-state index is 12.7. The molecule has 0 aromatic carbocycles. The summed E-state index contributed by atoms with van der Waals surface area (Å²) in [6.45, 7) is 1.57. The number of nitrogens with zero attached hydrogens (tertiary/aromatic N) is 1. The molecule has 0 aliphatic carbocycles. The van der Waals surface area contributed by atoms with Gasteiger partial charge in [0.1, 0.15) is 11.5 Å². The van der Waals surface area contributed by atoms with Crippen molar-refractivity contribution in [3.63, 3.8) is 0 Å². The summed E-state index contributed by atoms with van der Waals surface area (Å²) in [5, 5.41) is 2.92. The maximum Gasteiger partial charge on any atom is 0.286 e. The van der Waals surface area contributed by atoms with Crippen molar-refractivity contribution in [3.8, 4) is 0 Å². The highest BCUT2D eigenvalue weighted by molar-refractivity contribution is 5.06. The number of hydrogen-bond donors (Lipinski definition) is 2. The van der Waals surface area contributed by atoms with Gasteiger partial charge in [-0.15, -0.1) is 0 Å². The molecule has 0 unspecified atom stereocenters. The second-order valence-electron chi connectivity index (χ2n) is 2.99. The first-order chi connectivity index (χ1) is 6.04. The summed E-state index contributed by atoms with van der Waals surface area (Å²) >= 11 is 0. The van der Waals surface area contributed by atoms with Crippen molar-refractivity contribution >= 4 is 0 Å². The minimum absolute atomic E-state index is 0.126. The van der Waals surface area contributed by atoms with E-state index < -0.39 is 5.92 Å². The number of imidazole rings is 1. The fourth-order valence-corrected chi connectivity index (χ4v) is 0.956. The highest BCUT2D eigenvalue weighted by Gasteiger charge is 2.26. The Balaban J connectivity index is 2.64. The van der Waals surface area contributed by atoms with Crippen LogP contribution in [0.1, 0.15) is 18.4 Å². The molecule has 13 heavy (non-hydrogen) atoms. The molecule has 0 fully saturated rings. The molecule has 0 amide bonds. The average molecular weight is 189 g/mol. The minimum atomic E-state index is -2.83. The smallest absolute Gasteiger partial charge is 0.286 e. The van der Waals surface area contributed by atoms with E-state index in [0.29, 0.717) is 12.2 Å². The predicted molar refractivity (Wildman–Crippen MR) is 45.8 cm³/mol. The monoisotopic (exact) mass is 189 g/mol. The SMILES string of the molecule is CNCCc1ncc(C(C)(F)F)[nH]1. The molecule has 0 aliphatic heterocycles. The number of aromatic amines is 1. The second kappa shape index (κ2) is 3.83. The van der Waals surface area contributed by atoms with Crippen LogP contribution in [-0.4, -0.2) is 23.6 Å². The number of alkyl halides is 2. The topological polar surface area (TPSA) is 40.7 Å². The van der Waals surface area contributed by atoms with Gasteiger partial charge in [0.2, 0.25) is 0 Å². The van der Waals surface area contributed by atoms with Crippen molar-refractivity contribution in [1.29, 1.82) is 0 Å². The number of H-pyrrole nitrogens is 1. The van der Waals surface area contributed by atoms with Crippen molar-refractivity contribution in [2.24, 2.45) is 0 Å². The lowest BCUT2D eigenvalue weighted by Crippen LogP contribution is -2.12. The van der Waals surface area contributed by atoms with E-state index in [-0.39, 0.29) is 5.69 Å². The largest absolute Gasteiger partial charge is 0.341 e. The van der Waals surface area contributed by atoms with Gasteiger partial charge in [0.15, 0.2) is 0 Å². The zero-order chi connectivity index (χ0) is 9.90. The van der Waals surface area contributed by atoms with Crippen LogP contribution in [0.2, 0.25) is 0 Å². The molecule has 0 spiro atoms. The Morgan fingerprint density at radius 3 is 2.77 bits per heavy atom. The molecule has 74 valence electrons. The van der Waals surface area contributed by atoms with Crippen LogP contribution in [-0.2, 0) is 12.3 Å². The van der Waals surface area contributed by atoms with Crippen molar-refractivity contribution in [2.75, 3.05) is 13.6 Å². The Bertz CT molecular complexity index is 265. The van der Waals surface area contributed by atoms with Crippen LogP contribution in [0.4, 0.5) is 8.78 Å². The fraction of sp³-hybridized carbons (Fsp3) is 0.625. The highest BCUT2D eigenvalue weighted by atomic mass is 19.3. The molecule has 0 bridgehead atoms. The van der Waals surface area contributed by atoms with Crippen LogP contribution in [0.5, 0.6) is 0 Å². The van der Waals surface area contributed by atoms with Crippen LogP contribution >= 0.6 is 0 Å². The van der Waals surface area contributed by atoms with E-state index >= 15 is 0 Å². The number of nitrogens with one attached hydrogen (secondary N) is 2. The molecule has 2 N–H and O–H groups in total. The first kappa shape index (κ1) is 10.1. The summed E-state index contributed by atoms with van der Waals surface area (Å²) in [6.07, 6.45) is 1.82. The molecule has 1 heterocycles. The van der Waals surface area contributed by atoms with E-state index in [1.165, 1.54) is 6.20 Å². The normalized spacial score (nSPS) is 12.0. The van der Waals surface area contributed by atoms with Gasteiger partial charge < -0.3 is 10.3 Å². The Labute approximate surface area is 75.6 Å². The first-order valence-corrected chi connectivity index (χ1v) is 4.11. The van der Waals surface area contributed by atoms with E-state index in [0.717, 1.165) is 13.5 Å². The van der Waals surface area contributed by atoms with Crippen molar-refractivity contribution in [3.05, 3.63) is 17.7 Å². The lowest BCUT2D eigenvalue weighted by molar-refractivity contribution is 0.0131. The van der Waals surface area contributed by atoms with Crippen LogP contribution in [0, 0.1) is 0 Å². The van der Waals surface area contributed by atoms with Gasteiger partial charge >= 0.3 is 0 Å². The predicted octanol–water partition coefficient (Wildman–Crippen LogP) is 1.28. The number of likely N-dealkylation sites (N-methyl/N-ethyl adjacent to an activating group) is 1. The summed E-state index contributed by atoms with van der Waals surface area (Å²) < 4.78 is 25.4. The molecule has 0 aliphatic rings. The van der Waals surface area contributed by atoms with Crippen molar-refractivity contribution in [2.45, 2.75) is 19.3 Å². The molecule has 0 saturated carbocycles. The zero-order valence-electron chi connectivity index (χ0n) is 7.69. The highest BCUT2D eigenvalue weighted by Crippen LogP contribution is 2.24. The molecule has 1 aromatic heterocycles. The van der Waals surface area contributed by atoms with Gasteiger partial charge in [-0.1, -0.05) is 0 Å². The number of halogens is 2. The Kier molecular flexibility index (Phi) is 2.98. The molecule has 0 atom stereocenters. The van der Waals surface area contributed by atoms with Crippen LogP contribution in [0.3, 0.4) is 0 Å². The van der Waals surface area contributed by atoms with Crippen LogP contribution < -0.4 is 5.32 Å². The lowest BCUT2D eigenvalue weighted by atomic mass is 10.3. The number of hydrogen-bond acceptors (Lipinski definition) is 2. The number of rotatable bonds is 4. The summed E-state index contributed by atoms with van der Waals surface area (Å²) in [5.41, 5.74) is -0.126. The van der Waals surface area contributed by atoms with Gasteiger partial charge in [-0.25, -0.2) is 4.98 Å². The first-order valence-electron chi connectivity index (χ1n) is 4.11. The Morgan fingerprint density at radius 2 is 2.31 bits per heavy atom. The molecule has 0 saturated heterocycles. The van der Waals surface area contributed by atoms with E-state index in [9.17, 15) is 8.78 Å². The third kappa shape index (κ3) is 2.77. The van der Waals surface area contributed by atoms with Crippen molar-refractivity contribution < 1.29 is 8.78 Å². The second-order valence-corrected chi connectivity index (χ2v) is 2.99. The molecule has 5 heteroatoms. The van der Waals surface area contributed by atoms with Crippen molar-refractivity contribution in [1.82, 2.24) is 15.3 Å². The quantitative estimate of drug-likeness (QED) is 0.749. The summed E-state index contributed by atoms with van der Waals surface area (Å²) in [7, 11) is 1.80. The van der Waals surface area contributed by atoms with Gasteiger partial charge in [-0.05, 0) is 7.05 Å². The van der Waals surface area contributed by atoms with Gasteiger partial charge in [0.25, 0.3) is 5.92 Å². The van der Waals surface area contributed by atoms with E-state index in [2.05, 4.69) is 15.3 Å². The standard InChI is InChI=1S/C8H13F2N3/c1-8(9,10)6-5-12-7(13-6)3-4-11-2/h5,11H,3-4H2,1-2H3,(H,12,13). The van der Waals surface area contributed by atoms with E-state index in [1.54, 1.807) is 7.05 Å². The molecule has 0 radical (unpaired) electrons. The molecular formula is C8H13F2N3. The van der Waals surface area contributed by atoms with Gasteiger partial charge in [0, 0.05) is 19.9 Å². The Hall–Kier alpha value is -0.970. The molecule has 3 nitrogen and oxygen atoms in total. The molecule has 1 aromatic rings. The Morgan fingerprint density at radius 1 is 1.62 bits per heavy atom. The van der Waals surface area contributed by atoms with Gasteiger partial charge in [-0.2, -0.15) is 8.78 Å². The molecular weight excluding hydrogens is 176 g/mol. The minimum Gasteiger partial charge on any atom is -0.341 e. The zero-order valence-corrected chi connectivity index (χ0v) is 7.69. The van der Waals surface area contributed by atoms with Gasteiger partial charge in [0.05, 0.1) is 6.20 Å². The summed E-state index contributed by atoms with van der Waals surface area (Å²) in [6, 6.07) is 0. The van der Waals surface area contributed by atoms with Crippen LogP contribution in [0.25, 0.3) is 0 Å². The fourth-order valence-electron chi connectivity index (χ4n) is 0.956. The summed E-state index contributed by atoms with van der Waals surface area (Å²) in [5.74, 6) is -2.24. The lowest BCUT2D eigenvalue weighted by Gasteiger charge is -2.05. The average Bonchev–Trinajstić information content (AvgIpc) is 2.47. The van der Waals surface area contributed by atoms with Crippen LogP contribution in [0.15, 0.2) is 6.20 Å². The maximum absolute atomic E-state index is 12.7. The van der Waals surface area contributed by atoms with E-state index in [1.807, 2.05) is 0 Å². The molecule has 1 rings (SSSR count). The summed E-state index contributed by atoms with van der Waals surface area (Å²) in [4.78, 5) is 6.43. The van der Waals surface area contributed by atoms with Gasteiger partial charge in [-0.3, -0.25) is 0 Å².